The number of methoxy groups -OCH3 is 4. The van der Waals surface area contributed by atoms with E-state index in [0.717, 1.165) is 0 Å². The largest absolute Gasteiger partial charge is 0.493 e. The number of carboxylic acids is 1. The first-order valence-corrected chi connectivity index (χ1v) is 9.17. The minimum Gasteiger partial charge on any atom is -0.493 e. The van der Waals surface area contributed by atoms with Crippen LogP contribution in [0.5, 0.6) is 34.5 Å². The predicted molar refractivity (Wildman–Crippen MR) is 110 cm³/mol. The van der Waals surface area contributed by atoms with Crippen LogP contribution in [0.3, 0.4) is 0 Å². The second-order valence-corrected chi connectivity index (χ2v) is 6.40. The van der Waals surface area contributed by atoms with Gasteiger partial charge in [-0.3, -0.25) is 4.79 Å². The lowest BCUT2D eigenvalue weighted by Crippen LogP contribution is -2.20. The van der Waals surface area contributed by atoms with Crippen molar-refractivity contribution in [1.82, 2.24) is 0 Å². The molecule has 9 heteroatoms. The molecule has 164 valence electrons. The SMILES string of the molecule is COc1ccc(/C=C2\COc3cc(OC)c(OC)c(OC)c3C2=O)cc1OCC(=O)O. The number of aliphatic carboxylic acids is 1. The highest BCUT2D eigenvalue weighted by atomic mass is 16.5. The molecule has 0 aliphatic carbocycles. The van der Waals surface area contributed by atoms with Crippen LogP contribution in [-0.2, 0) is 4.79 Å². The standard InChI is InChI=1S/C22H22O9/c1-26-14-6-5-12(8-15(14)31-11-18(23)24)7-13-10-30-16-9-17(27-2)21(28-3)22(29-4)19(16)20(13)25/h5-9H,10-11H2,1-4H3,(H,23,24)/b13-7+. The molecular weight excluding hydrogens is 408 g/mol. The Labute approximate surface area is 178 Å². The van der Waals surface area contributed by atoms with E-state index in [-0.39, 0.29) is 35.2 Å². The first-order valence-electron chi connectivity index (χ1n) is 9.17. The van der Waals surface area contributed by atoms with Gasteiger partial charge < -0.3 is 33.5 Å². The fraction of sp³-hybridized carbons (Fsp3) is 0.273. The normalized spacial score (nSPS) is 13.8. The predicted octanol–water partition coefficient (Wildman–Crippen LogP) is 2.84. The van der Waals surface area contributed by atoms with Crippen molar-refractivity contribution in [3.05, 3.63) is 41.0 Å². The summed E-state index contributed by atoms with van der Waals surface area (Å²) in [6, 6.07) is 6.51. The van der Waals surface area contributed by atoms with E-state index in [2.05, 4.69) is 0 Å². The van der Waals surface area contributed by atoms with E-state index in [4.69, 9.17) is 33.5 Å². The summed E-state index contributed by atoms with van der Waals surface area (Å²) in [5.41, 5.74) is 1.21. The lowest BCUT2D eigenvalue weighted by Gasteiger charge is -2.23. The molecule has 2 aromatic rings. The summed E-state index contributed by atoms with van der Waals surface area (Å²) in [4.78, 5) is 24.1. The third-order valence-corrected chi connectivity index (χ3v) is 4.58. The van der Waals surface area contributed by atoms with Crippen molar-refractivity contribution in [3.8, 4) is 34.5 Å². The molecule has 0 spiro atoms. The molecule has 9 nitrogen and oxygen atoms in total. The molecular formula is C22H22O9. The van der Waals surface area contributed by atoms with Gasteiger partial charge in [0, 0.05) is 11.6 Å². The van der Waals surface area contributed by atoms with E-state index >= 15 is 0 Å². The highest BCUT2D eigenvalue weighted by Gasteiger charge is 2.32. The maximum Gasteiger partial charge on any atom is 0.341 e. The van der Waals surface area contributed by atoms with Gasteiger partial charge in [-0.15, -0.1) is 0 Å². The van der Waals surface area contributed by atoms with E-state index in [1.54, 1.807) is 30.3 Å². The van der Waals surface area contributed by atoms with Crippen LogP contribution >= 0.6 is 0 Å². The van der Waals surface area contributed by atoms with Crippen molar-refractivity contribution < 1.29 is 43.1 Å². The Kier molecular flexibility index (Phi) is 6.54. The maximum atomic E-state index is 13.2. The van der Waals surface area contributed by atoms with Crippen LogP contribution in [0.1, 0.15) is 15.9 Å². The summed E-state index contributed by atoms with van der Waals surface area (Å²) in [5.74, 6) is 0.429. The Bertz CT molecular complexity index is 1040. The second-order valence-electron chi connectivity index (χ2n) is 6.40. The summed E-state index contributed by atoms with van der Waals surface area (Å²) < 4.78 is 32.3. The van der Waals surface area contributed by atoms with Gasteiger partial charge in [-0.05, 0) is 23.8 Å². The van der Waals surface area contributed by atoms with Crippen LogP contribution in [0, 0.1) is 0 Å². The molecule has 3 rings (SSSR count). The van der Waals surface area contributed by atoms with Crippen LogP contribution in [0.4, 0.5) is 0 Å². The Morgan fingerprint density at radius 3 is 2.32 bits per heavy atom. The van der Waals surface area contributed by atoms with Crippen LogP contribution < -0.4 is 28.4 Å². The van der Waals surface area contributed by atoms with Gasteiger partial charge >= 0.3 is 5.97 Å². The zero-order valence-electron chi connectivity index (χ0n) is 17.5. The third-order valence-electron chi connectivity index (χ3n) is 4.58. The molecule has 2 aromatic carbocycles. The Balaban J connectivity index is 2.01. The molecule has 1 aliphatic rings. The van der Waals surface area contributed by atoms with Crippen molar-refractivity contribution >= 4 is 17.8 Å². The van der Waals surface area contributed by atoms with Crippen molar-refractivity contribution in [2.75, 3.05) is 41.7 Å². The number of carboxylic acid groups (broad SMARTS) is 1. The fourth-order valence-electron chi connectivity index (χ4n) is 3.19. The number of ketones is 1. The minimum absolute atomic E-state index is 0.0296. The van der Waals surface area contributed by atoms with E-state index in [9.17, 15) is 9.59 Å². The number of ether oxygens (including phenoxy) is 6. The summed E-state index contributed by atoms with van der Waals surface area (Å²) in [6.45, 7) is -0.494. The molecule has 0 amide bonds. The van der Waals surface area contributed by atoms with Gasteiger partial charge in [-0.2, -0.15) is 0 Å². The molecule has 31 heavy (non-hydrogen) atoms. The monoisotopic (exact) mass is 430 g/mol. The number of hydrogen-bond acceptors (Lipinski definition) is 8. The Hall–Kier alpha value is -3.88. The van der Waals surface area contributed by atoms with E-state index < -0.39 is 12.6 Å². The molecule has 0 atom stereocenters. The first-order chi connectivity index (χ1) is 14.9. The minimum atomic E-state index is -1.12. The van der Waals surface area contributed by atoms with Crippen LogP contribution in [0.2, 0.25) is 0 Å². The summed E-state index contributed by atoms with van der Waals surface area (Å²) in [7, 11) is 5.81. The molecule has 0 bridgehead atoms. The Morgan fingerprint density at radius 2 is 1.71 bits per heavy atom. The van der Waals surface area contributed by atoms with Gasteiger partial charge in [0.15, 0.2) is 35.4 Å². The zero-order valence-corrected chi connectivity index (χ0v) is 17.5. The van der Waals surface area contributed by atoms with Crippen LogP contribution in [-0.4, -0.2) is 58.5 Å². The number of carbonyl (C=O) groups excluding carboxylic acids is 1. The van der Waals surface area contributed by atoms with Gasteiger partial charge in [0.2, 0.25) is 5.75 Å². The third kappa shape index (κ3) is 4.35. The summed E-state index contributed by atoms with van der Waals surface area (Å²) in [6.07, 6.45) is 1.63. The quantitative estimate of drug-likeness (QED) is 0.632. The van der Waals surface area contributed by atoms with Crippen molar-refractivity contribution in [2.45, 2.75) is 0 Å². The number of benzene rings is 2. The smallest absolute Gasteiger partial charge is 0.341 e. The fourth-order valence-corrected chi connectivity index (χ4v) is 3.19. The molecule has 0 unspecified atom stereocenters. The average Bonchev–Trinajstić information content (AvgIpc) is 2.78. The van der Waals surface area contributed by atoms with Crippen LogP contribution in [0.15, 0.2) is 29.8 Å². The van der Waals surface area contributed by atoms with Gasteiger partial charge in [-0.25, -0.2) is 4.79 Å². The van der Waals surface area contributed by atoms with Gasteiger partial charge in [0.1, 0.15) is 17.9 Å². The van der Waals surface area contributed by atoms with Gasteiger partial charge in [0.05, 0.1) is 28.4 Å². The molecule has 1 aliphatic heterocycles. The second kappa shape index (κ2) is 9.29. The highest BCUT2D eigenvalue weighted by molar-refractivity contribution is 6.16. The van der Waals surface area contributed by atoms with Gasteiger partial charge in [-0.1, -0.05) is 6.07 Å². The first kappa shape index (κ1) is 21.8. The van der Waals surface area contributed by atoms with Crippen molar-refractivity contribution in [3.63, 3.8) is 0 Å². The number of carbonyl (C=O) groups is 2. The number of fused-ring (bicyclic) bond motifs is 1. The van der Waals surface area contributed by atoms with Crippen molar-refractivity contribution in [1.29, 1.82) is 0 Å². The summed E-state index contributed by atoms with van der Waals surface area (Å²) >= 11 is 0. The average molecular weight is 430 g/mol. The molecule has 0 aromatic heterocycles. The lowest BCUT2D eigenvalue weighted by molar-refractivity contribution is -0.139. The number of hydrogen-bond donors (Lipinski definition) is 1. The van der Waals surface area contributed by atoms with Crippen LogP contribution in [0.25, 0.3) is 6.08 Å². The zero-order chi connectivity index (χ0) is 22.5. The molecule has 1 N–H and O–H groups in total. The molecule has 0 saturated heterocycles. The summed E-state index contributed by atoms with van der Waals surface area (Å²) in [5, 5.41) is 8.86. The molecule has 0 saturated carbocycles. The molecule has 0 radical (unpaired) electrons. The van der Waals surface area contributed by atoms with E-state index in [1.165, 1.54) is 28.4 Å². The highest BCUT2D eigenvalue weighted by Crippen LogP contribution is 2.47. The molecule has 1 heterocycles. The number of rotatable bonds is 8. The van der Waals surface area contributed by atoms with E-state index in [0.29, 0.717) is 28.4 Å². The molecule has 0 fully saturated rings. The Morgan fingerprint density at radius 1 is 1.00 bits per heavy atom. The maximum absolute atomic E-state index is 13.2. The topological polar surface area (TPSA) is 110 Å². The lowest BCUT2D eigenvalue weighted by atomic mass is 9.96. The van der Waals surface area contributed by atoms with E-state index in [1.807, 2.05) is 0 Å². The van der Waals surface area contributed by atoms with Crippen molar-refractivity contribution in [2.24, 2.45) is 0 Å². The van der Waals surface area contributed by atoms with Gasteiger partial charge in [0.25, 0.3) is 0 Å². The number of Topliss-reactive ketones (excluding diaryl/α,β-unsaturated/α-hetero) is 1.